The summed E-state index contributed by atoms with van der Waals surface area (Å²) in [7, 11) is 0. The smallest absolute Gasteiger partial charge is 0.236 e. The van der Waals surface area contributed by atoms with Gasteiger partial charge in [0, 0.05) is 16.7 Å². The second-order valence-corrected chi connectivity index (χ2v) is 5.72. The number of hydrogen-bond donors (Lipinski definition) is 0. The van der Waals surface area contributed by atoms with Crippen LogP contribution in [0.3, 0.4) is 0 Å². The van der Waals surface area contributed by atoms with Crippen molar-refractivity contribution >= 4 is 0 Å². The maximum atomic E-state index is 13.7. The van der Waals surface area contributed by atoms with Gasteiger partial charge in [-0.3, -0.25) is 0 Å². The van der Waals surface area contributed by atoms with Gasteiger partial charge in [-0.05, 0) is 24.1 Å². The summed E-state index contributed by atoms with van der Waals surface area (Å²) in [6.45, 7) is -1.88. The number of benzene rings is 1. The summed E-state index contributed by atoms with van der Waals surface area (Å²) < 4.78 is 195. The molecule has 0 saturated carbocycles. The molecule has 0 aliphatic rings. The van der Waals surface area contributed by atoms with Gasteiger partial charge >= 0.3 is 36.3 Å². The fraction of sp³-hybridized carbons (Fsp3) is 0.571. The van der Waals surface area contributed by atoms with Crippen LogP contribution in [0.1, 0.15) is 22.3 Å². The van der Waals surface area contributed by atoms with Crippen molar-refractivity contribution in [2.45, 2.75) is 42.7 Å². The van der Waals surface area contributed by atoms with E-state index in [0.717, 1.165) is 0 Å². The average molecular weight is 475 g/mol. The molecule has 0 aliphatic heterocycles. The van der Waals surface area contributed by atoms with Gasteiger partial charge in [-0.15, -0.1) is 0 Å². The minimum atomic E-state index is -6.80. The largest absolute Gasteiger partial charge is 0.458 e. The van der Waals surface area contributed by atoms with Crippen molar-refractivity contribution in [1.82, 2.24) is 0 Å². The molecule has 30 heavy (non-hydrogen) atoms. The summed E-state index contributed by atoms with van der Waals surface area (Å²) in [6.07, 6.45) is -22.3. The summed E-state index contributed by atoms with van der Waals surface area (Å²) in [5.41, 5.74) is -11.5. The second-order valence-electron chi connectivity index (χ2n) is 5.72. The van der Waals surface area contributed by atoms with Gasteiger partial charge in [-0.1, -0.05) is 0 Å². The van der Waals surface area contributed by atoms with Crippen LogP contribution in [0.5, 0.6) is 0 Å². The van der Waals surface area contributed by atoms with Gasteiger partial charge in [0.1, 0.15) is 0 Å². The van der Waals surface area contributed by atoms with Crippen molar-refractivity contribution in [3.63, 3.8) is 0 Å². The third kappa shape index (κ3) is 4.27. The molecule has 0 bridgehead atoms. The van der Waals surface area contributed by atoms with Gasteiger partial charge in [0.25, 0.3) is 0 Å². The molecule has 1 nitrogen and oxygen atoms in total. The number of rotatable bonds is 5. The summed E-state index contributed by atoms with van der Waals surface area (Å²) in [5.74, 6) is -19.3. The number of halogens is 15. The van der Waals surface area contributed by atoms with Gasteiger partial charge in [0.15, 0.2) is 0 Å². The van der Waals surface area contributed by atoms with Crippen molar-refractivity contribution in [3.05, 3.63) is 34.4 Å². The molecular formula is C14H6F15O. The van der Waals surface area contributed by atoms with E-state index in [9.17, 15) is 71.0 Å². The molecular weight excluding hydrogens is 469 g/mol. The van der Waals surface area contributed by atoms with E-state index in [-0.39, 0.29) is 0 Å². The predicted molar refractivity (Wildman–Crippen MR) is 65.5 cm³/mol. The maximum absolute atomic E-state index is 13.7. The van der Waals surface area contributed by atoms with E-state index < -0.39 is 83.7 Å². The molecule has 0 atom stereocenters. The lowest BCUT2D eigenvalue weighted by atomic mass is 9.87. The average Bonchev–Trinajstić information content (AvgIpc) is 2.51. The molecule has 1 rings (SSSR count). The highest BCUT2D eigenvalue weighted by Crippen LogP contribution is 2.53. The lowest BCUT2D eigenvalue weighted by Crippen LogP contribution is -2.40. The highest BCUT2D eigenvalue weighted by atomic mass is 19.4. The fourth-order valence-corrected chi connectivity index (χ4v) is 2.25. The van der Waals surface area contributed by atoms with Crippen LogP contribution in [-0.2, 0) is 29.3 Å². The standard InChI is InChI=1S/C14H6F15O/c15-9(16,12(21,22)23)5-3-7(10(17,18)13(24,25)26)6(1-2-30)8(4-5)11(19,20)14(27,28)29/h3-4H,1-2H2. The van der Waals surface area contributed by atoms with Crippen molar-refractivity contribution in [2.75, 3.05) is 6.61 Å². The quantitative estimate of drug-likeness (QED) is 0.427. The second kappa shape index (κ2) is 7.37. The summed E-state index contributed by atoms with van der Waals surface area (Å²) in [6, 6.07) is -2.39. The van der Waals surface area contributed by atoms with Gasteiger partial charge in [0.2, 0.25) is 0 Å². The van der Waals surface area contributed by atoms with E-state index in [2.05, 4.69) is 0 Å². The summed E-state index contributed by atoms with van der Waals surface area (Å²) in [5, 5.41) is 10.6. The Kier molecular flexibility index (Phi) is 6.43. The highest BCUT2D eigenvalue weighted by Gasteiger charge is 2.65. The lowest BCUT2D eigenvalue weighted by molar-refractivity contribution is -0.295. The molecule has 0 N–H and O–H groups in total. The highest BCUT2D eigenvalue weighted by molar-refractivity contribution is 5.47. The SMILES string of the molecule is [O]CCc1c(C(F)(F)C(F)(F)F)cc(C(F)(F)C(F)(F)F)cc1C(F)(F)C(F)(F)F. The minimum absolute atomic E-state index is 1.19. The fourth-order valence-electron chi connectivity index (χ4n) is 2.25. The zero-order valence-electron chi connectivity index (χ0n) is 13.6. The Balaban J connectivity index is 4.20. The third-order valence-electron chi connectivity index (χ3n) is 3.71. The van der Waals surface area contributed by atoms with Crippen molar-refractivity contribution in [2.24, 2.45) is 0 Å². The van der Waals surface area contributed by atoms with Gasteiger partial charge in [-0.2, -0.15) is 65.9 Å². The molecule has 1 aromatic carbocycles. The Morgan fingerprint density at radius 1 is 0.533 bits per heavy atom. The first-order valence-electron chi connectivity index (χ1n) is 7.13. The van der Waals surface area contributed by atoms with Crippen LogP contribution in [0.25, 0.3) is 0 Å². The molecule has 173 valence electrons. The number of alkyl halides is 15. The summed E-state index contributed by atoms with van der Waals surface area (Å²) >= 11 is 0. The van der Waals surface area contributed by atoms with Crippen LogP contribution in [-0.4, -0.2) is 25.1 Å². The van der Waals surface area contributed by atoms with Crippen LogP contribution in [0, 0.1) is 0 Å². The summed E-state index contributed by atoms with van der Waals surface area (Å²) in [4.78, 5) is 0. The van der Waals surface area contributed by atoms with E-state index in [1.165, 1.54) is 0 Å². The van der Waals surface area contributed by atoms with Crippen molar-refractivity contribution in [3.8, 4) is 0 Å². The van der Waals surface area contributed by atoms with E-state index in [1.54, 1.807) is 0 Å². The molecule has 1 aromatic rings. The van der Waals surface area contributed by atoms with E-state index in [4.69, 9.17) is 0 Å². The first kappa shape index (κ1) is 26.2. The molecule has 0 amide bonds. The van der Waals surface area contributed by atoms with E-state index >= 15 is 0 Å². The molecule has 0 heterocycles. The zero-order valence-corrected chi connectivity index (χ0v) is 13.6. The lowest BCUT2D eigenvalue weighted by Gasteiger charge is -2.30. The third-order valence-corrected chi connectivity index (χ3v) is 3.71. The van der Waals surface area contributed by atoms with Gasteiger partial charge in [-0.25, -0.2) is 5.11 Å². The van der Waals surface area contributed by atoms with Gasteiger partial charge in [0.05, 0.1) is 6.61 Å². The maximum Gasteiger partial charge on any atom is 0.458 e. The molecule has 1 radical (unpaired) electrons. The Morgan fingerprint density at radius 3 is 1.07 bits per heavy atom. The van der Waals surface area contributed by atoms with Crippen molar-refractivity contribution < 1.29 is 71.0 Å². The van der Waals surface area contributed by atoms with Crippen LogP contribution < -0.4 is 0 Å². The van der Waals surface area contributed by atoms with Crippen molar-refractivity contribution in [1.29, 1.82) is 0 Å². The monoisotopic (exact) mass is 475 g/mol. The van der Waals surface area contributed by atoms with Crippen LogP contribution in [0.4, 0.5) is 65.9 Å². The molecule has 0 aliphatic carbocycles. The molecule has 16 heteroatoms. The van der Waals surface area contributed by atoms with Gasteiger partial charge < -0.3 is 0 Å². The topological polar surface area (TPSA) is 19.9 Å². The van der Waals surface area contributed by atoms with Crippen LogP contribution in [0.2, 0.25) is 0 Å². The van der Waals surface area contributed by atoms with Crippen LogP contribution in [0.15, 0.2) is 12.1 Å². The Hall–Kier alpha value is -1.87. The molecule has 0 fully saturated rings. The predicted octanol–water partition coefficient (Wildman–Crippen LogP) is 6.62. The normalized spacial score (nSPS) is 14.9. The Morgan fingerprint density at radius 2 is 0.833 bits per heavy atom. The van der Waals surface area contributed by atoms with E-state index in [1.807, 2.05) is 0 Å². The first-order chi connectivity index (χ1) is 13.0. The zero-order chi connectivity index (χ0) is 24.1. The first-order valence-corrected chi connectivity index (χ1v) is 7.13. The van der Waals surface area contributed by atoms with E-state index in [0.29, 0.717) is 0 Å². The molecule has 0 spiro atoms. The Labute approximate surface area is 156 Å². The molecule has 0 saturated heterocycles. The Bertz CT molecular complexity index is 722. The number of hydrogen-bond acceptors (Lipinski definition) is 0. The van der Waals surface area contributed by atoms with Crippen LogP contribution >= 0.6 is 0 Å². The molecule has 0 unspecified atom stereocenters. The minimum Gasteiger partial charge on any atom is -0.236 e. The molecule has 0 aromatic heterocycles.